The van der Waals surface area contributed by atoms with E-state index in [1.54, 1.807) is 4.68 Å². The number of nitrogens with zero attached hydrogens (tertiary/aromatic N) is 6. The third-order valence-corrected chi connectivity index (χ3v) is 5.23. The Hall–Kier alpha value is -3.55. The summed E-state index contributed by atoms with van der Waals surface area (Å²) in [6, 6.07) is 15.3. The Morgan fingerprint density at radius 1 is 1.00 bits per heavy atom. The third kappa shape index (κ3) is 3.49. The van der Waals surface area contributed by atoms with Crippen LogP contribution in [-0.2, 0) is 24.3 Å². The summed E-state index contributed by atoms with van der Waals surface area (Å²) in [7, 11) is 0. The van der Waals surface area contributed by atoms with Crippen LogP contribution in [0.4, 0.5) is 5.69 Å². The quantitative estimate of drug-likeness (QED) is 0.581. The predicted molar refractivity (Wildman–Crippen MR) is 109 cm³/mol. The number of para-hydroxylation sites is 1. The summed E-state index contributed by atoms with van der Waals surface area (Å²) in [5.41, 5.74) is 3.29. The lowest BCUT2D eigenvalue weighted by Crippen LogP contribution is -2.19. The number of aromatic nitrogens is 6. The molecule has 29 heavy (non-hydrogen) atoms. The van der Waals surface area contributed by atoms with Crippen LogP contribution in [0.15, 0.2) is 48.5 Å². The molecule has 1 aliphatic rings. The van der Waals surface area contributed by atoms with Gasteiger partial charge in [0.15, 0.2) is 5.82 Å². The number of amides is 1. The van der Waals surface area contributed by atoms with E-state index in [1.807, 2.05) is 48.5 Å². The van der Waals surface area contributed by atoms with Gasteiger partial charge in [0.25, 0.3) is 0 Å². The van der Waals surface area contributed by atoms with Crippen molar-refractivity contribution in [1.82, 2.24) is 29.8 Å². The summed E-state index contributed by atoms with van der Waals surface area (Å²) in [4.78, 5) is 12.6. The molecule has 0 radical (unpaired) electrons. The minimum absolute atomic E-state index is 0.102. The van der Waals surface area contributed by atoms with E-state index in [-0.39, 0.29) is 12.5 Å². The van der Waals surface area contributed by atoms with Crippen molar-refractivity contribution in [3.63, 3.8) is 0 Å². The van der Waals surface area contributed by atoms with E-state index in [0.717, 1.165) is 59.7 Å². The fourth-order valence-corrected chi connectivity index (χ4v) is 3.81. The Morgan fingerprint density at radius 3 is 2.90 bits per heavy atom. The number of hydrogen-bond acceptors (Lipinski definition) is 5. The van der Waals surface area contributed by atoms with Gasteiger partial charge in [-0.15, -0.1) is 15.3 Å². The molecule has 0 unspecified atom stereocenters. The number of aryl methyl sites for hydroxylation is 1. The molecule has 0 aliphatic carbocycles. The van der Waals surface area contributed by atoms with Gasteiger partial charge in [0.2, 0.25) is 5.91 Å². The minimum atomic E-state index is -0.155. The van der Waals surface area contributed by atoms with Gasteiger partial charge >= 0.3 is 0 Å². The van der Waals surface area contributed by atoms with E-state index < -0.39 is 0 Å². The molecule has 8 heteroatoms. The molecule has 146 valence electrons. The monoisotopic (exact) mass is 387 g/mol. The van der Waals surface area contributed by atoms with E-state index in [2.05, 4.69) is 30.4 Å². The summed E-state index contributed by atoms with van der Waals surface area (Å²) >= 11 is 0. The first-order valence-corrected chi connectivity index (χ1v) is 9.88. The Kier molecular flexibility index (Phi) is 4.51. The molecule has 4 aromatic rings. The zero-order valence-corrected chi connectivity index (χ0v) is 16.0. The van der Waals surface area contributed by atoms with Gasteiger partial charge in [0.05, 0.1) is 5.52 Å². The standard InChI is InChI=1S/C21H21N7O/c29-20(14-28-18-10-4-3-9-17(18)23-26-28)22-16-8-6-7-15(13-16)21-25-24-19-11-2-1-5-12-27(19)21/h3-4,6-10,13H,1-2,5,11-12,14H2,(H,22,29). The Morgan fingerprint density at radius 2 is 1.93 bits per heavy atom. The van der Waals surface area contributed by atoms with E-state index in [9.17, 15) is 4.79 Å². The van der Waals surface area contributed by atoms with Crippen LogP contribution in [0.25, 0.3) is 22.4 Å². The van der Waals surface area contributed by atoms with Crippen LogP contribution in [-0.4, -0.2) is 35.7 Å². The van der Waals surface area contributed by atoms with Gasteiger partial charge in [-0.2, -0.15) is 0 Å². The van der Waals surface area contributed by atoms with Gasteiger partial charge in [-0.05, 0) is 37.1 Å². The van der Waals surface area contributed by atoms with Crippen LogP contribution in [0, 0.1) is 0 Å². The molecule has 3 heterocycles. The number of anilines is 1. The van der Waals surface area contributed by atoms with Crippen molar-refractivity contribution < 1.29 is 4.79 Å². The summed E-state index contributed by atoms with van der Waals surface area (Å²) in [6.45, 7) is 1.04. The lowest BCUT2D eigenvalue weighted by molar-refractivity contribution is -0.116. The highest BCUT2D eigenvalue weighted by molar-refractivity contribution is 5.92. The van der Waals surface area contributed by atoms with Crippen LogP contribution in [0.2, 0.25) is 0 Å². The normalized spacial score (nSPS) is 13.8. The maximum Gasteiger partial charge on any atom is 0.246 e. The first-order chi connectivity index (χ1) is 14.3. The van der Waals surface area contributed by atoms with E-state index >= 15 is 0 Å². The third-order valence-electron chi connectivity index (χ3n) is 5.23. The second-order valence-electron chi connectivity index (χ2n) is 7.27. The predicted octanol–water partition coefficient (Wildman–Crippen LogP) is 3.05. The number of carbonyl (C=O) groups is 1. The van der Waals surface area contributed by atoms with E-state index in [4.69, 9.17) is 0 Å². The summed E-state index contributed by atoms with van der Waals surface area (Å²) in [6.07, 6.45) is 4.48. The van der Waals surface area contributed by atoms with E-state index in [1.165, 1.54) is 6.42 Å². The molecule has 0 saturated carbocycles. The molecule has 0 bridgehead atoms. The van der Waals surface area contributed by atoms with Crippen molar-refractivity contribution in [3.05, 3.63) is 54.4 Å². The number of nitrogens with one attached hydrogen (secondary N) is 1. The molecular weight excluding hydrogens is 366 g/mol. The molecule has 1 N–H and O–H groups in total. The van der Waals surface area contributed by atoms with E-state index in [0.29, 0.717) is 0 Å². The fraction of sp³-hybridized carbons (Fsp3) is 0.286. The largest absolute Gasteiger partial charge is 0.324 e. The fourth-order valence-electron chi connectivity index (χ4n) is 3.81. The van der Waals surface area contributed by atoms with Crippen LogP contribution in [0.1, 0.15) is 25.1 Å². The van der Waals surface area contributed by atoms with Gasteiger partial charge < -0.3 is 9.88 Å². The van der Waals surface area contributed by atoms with Gasteiger partial charge in [0.1, 0.15) is 17.9 Å². The second kappa shape index (κ2) is 7.46. The Balaban J connectivity index is 1.35. The highest BCUT2D eigenvalue weighted by Gasteiger charge is 2.16. The van der Waals surface area contributed by atoms with Crippen molar-refractivity contribution in [2.45, 2.75) is 38.8 Å². The zero-order chi connectivity index (χ0) is 19.6. The first kappa shape index (κ1) is 17.5. The lowest BCUT2D eigenvalue weighted by atomic mass is 10.2. The number of carbonyl (C=O) groups excluding carboxylic acids is 1. The molecular formula is C21H21N7O. The van der Waals surface area contributed by atoms with Gasteiger partial charge in [-0.1, -0.05) is 35.9 Å². The molecule has 0 saturated heterocycles. The average molecular weight is 387 g/mol. The molecule has 2 aromatic heterocycles. The Bertz CT molecular complexity index is 1180. The molecule has 0 spiro atoms. The number of rotatable bonds is 4. The van der Waals surface area contributed by atoms with Gasteiger partial charge in [0, 0.05) is 24.2 Å². The number of fused-ring (bicyclic) bond motifs is 2. The molecule has 0 fully saturated rings. The van der Waals surface area contributed by atoms with Gasteiger partial charge in [-0.25, -0.2) is 4.68 Å². The van der Waals surface area contributed by atoms with Crippen LogP contribution < -0.4 is 5.32 Å². The summed E-state index contributed by atoms with van der Waals surface area (Å²) in [5, 5.41) is 19.9. The van der Waals surface area contributed by atoms with Crippen LogP contribution in [0.5, 0.6) is 0 Å². The average Bonchev–Trinajstić information content (AvgIpc) is 3.25. The maximum absolute atomic E-state index is 12.6. The van der Waals surface area contributed by atoms with Crippen molar-refractivity contribution in [2.75, 3.05) is 5.32 Å². The van der Waals surface area contributed by atoms with Gasteiger partial charge in [-0.3, -0.25) is 4.79 Å². The number of benzene rings is 2. The molecule has 0 atom stereocenters. The van der Waals surface area contributed by atoms with Crippen LogP contribution >= 0.6 is 0 Å². The van der Waals surface area contributed by atoms with Crippen molar-refractivity contribution in [1.29, 1.82) is 0 Å². The van der Waals surface area contributed by atoms with Crippen molar-refractivity contribution in [2.24, 2.45) is 0 Å². The number of hydrogen-bond donors (Lipinski definition) is 1. The highest BCUT2D eigenvalue weighted by atomic mass is 16.2. The summed E-state index contributed by atoms with van der Waals surface area (Å²) < 4.78 is 3.81. The SMILES string of the molecule is O=C(Cn1nnc2ccccc21)Nc1cccc(-c2nnc3n2CCCCC3)c1. The second-order valence-corrected chi connectivity index (χ2v) is 7.27. The van der Waals surface area contributed by atoms with Crippen LogP contribution in [0.3, 0.4) is 0 Å². The highest BCUT2D eigenvalue weighted by Crippen LogP contribution is 2.25. The van der Waals surface area contributed by atoms with Crippen molar-refractivity contribution in [3.8, 4) is 11.4 Å². The lowest BCUT2D eigenvalue weighted by Gasteiger charge is -2.09. The molecule has 1 aliphatic heterocycles. The zero-order valence-electron chi connectivity index (χ0n) is 16.0. The molecule has 8 nitrogen and oxygen atoms in total. The maximum atomic E-state index is 12.6. The van der Waals surface area contributed by atoms with Crippen molar-refractivity contribution >= 4 is 22.6 Å². The molecule has 2 aromatic carbocycles. The topological polar surface area (TPSA) is 90.5 Å². The molecule has 5 rings (SSSR count). The smallest absolute Gasteiger partial charge is 0.246 e. The Labute approximate surface area is 167 Å². The first-order valence-electron chi connectivity index (χ1n) is 9.88. The minimum Gasteiger partial charge on any atom is -0.324 e. The molecule has 1 amide bonds. The summed E-state index contributed by atoms with van der Waals surface area (Å²) in [5.74, 6) is 1.75.